The fourth-order valence-electron chi connectivity index (χ4n) is 2.75. The molecule has 1 aromatic heterocycles. The van der Waals surface area contributed by atoms with Crippen LogP contribution in [0.15, 0.2) is 36.5 Å². The molecule has 0 aliphatic rings. The predicted molar refractivity (Wildman–Crippen MR) is 91.1 cm³/mol. The lowest BCUT2D eigenvalue weighted by molar-refractivity contribution is -0.137. The highest BCUT2D eigenvalue weighted by atomic mass is 19.4. The van der Waals surface area contributed by atoms with Gasteiger partial charge in [0.15, 0.2) is 0 Å². The molecule has 0 saturated heterocycles. The van der Waals surface area contributed by atoms with Crippen LogP contribution in [-0.2, 0) is 6.18 Å². The number of methoxy groups -OCH3 is 1. The Kier molecular flexibility index (Phi) is 4.35. The number of hydrogen-bond donors (Lipinski definition) is 1. The number of fused-ring (bicyclic) bond motifs is 1. The van der Waals surface area contributed by atoms with Gasteiger partial charge in [0, 0.05) is 30.6 Å². The lowest BCUT2D eigenvalue weighted by Crippen LogP contribution is -2.21. The minimum absolute atomic E-state index is 0.251. The molecule has 2 aromatic carbocycles. The Bertz CT molecular complexity index is 977. The van der Waals surface area contributed by atoms with Crippen LogP contribution in [0, 0.1) is 0 Å². The van der Waals surface area contributed by atoms with Crippen molar-refractivity contribution >= 4 is 16.8 Å². The van der Waals surface area contributed by atoms with E-state index in [9.17, 15) is 18.0 Å². The van der Waals surface area contributed by atoms with Gasteiger partial charge < -0.3 is 9.64 Å². The number of ether oxygens (including phenoxy) is 1. The Balaban J connectivity index is 2.30. The summed E-state index contributed by atoms with van der Waals surface area (Å²) in [6, 6.07) is 6.72. The maximum absolute atomic E-state index is 13.3. The van der Waals surface area contributed by atoms with E-state index in [0.29, 0.717) is 22.3 Å². The first kappa shape index (κ1) is 17.8. The summed E-state index contributed by atoms with van der Waals surface area (Å²) in [7, 11) is 4.63. The van der Waals surface area contributed by atoms with Crippen LogP contribution in [0.5, 0.6) is 5.75 Å². The highest BCUT2D eigenvalue weighted by Gasteiger charge is 2.32. The van der Waals surface area contributed by atoms with Crippen molar-refractivity contribution in [1.29, 1.82) is 0 Å². The number of halogens is 3. The molecule has 0 atom stereocenters. The number of aromatic nitrogens is 2. The van der Waals surface area contributed by atoms with Crippen LogP contribution in [0.3, 0.4) is 0 Å². The highest BCUT2D eigenvalue weighted by molar-refractivity contribution is 6.00. The van der Waals surface area contributed by atoms with Gasteiger partial charge >= 0.3 is 6.18 Å². The van der Waals surface area contributed by atoms with Crippen LogP contribution in [0.1, 0.15) is 15.9 Å². The van der Waals surface area contributed by atoms with Gasteiger partial charge in [-0.15, -0.1) is 0 Å². The van der Waals surface area contributed by atoms with Gasteiger partial charge in [-0.3, -0.25) is 9.89 Å². The number of aromatic amines is 1. The van der Waals surface area contributed by atoms with Gasteiger partial charge in [-0.25, -0.2) is 0 Å². The second kappa shape index (κ2) is 6.36. The van der Waals surface area contributed by atoms with Crippen LogP contribution in [0.2, 0.25) is 0 Å². The van der Waals surface area contributed by atoms with E-state index >= 15 is 0 Å². The summed E-state index contributed by atoms with van der Waals surface area (Å²) in [6.07, 6.45) is -3.07. The molecule has 1 heterocycles. The molecule has 0 unspecified atom stereocenters. The third kappa shape index (κ3) is 3.10. The van der Waals surface area contributed by atoms with E-state index in [4.69, 9.17) is 4.74 Å². The van der Waals surface area contributed by atoms with Crippen molar-refractivity contribution in [2.45, 2.75) is 6.18 Å². The Labute approximate surface area is 147 Å². The van der Waals surface area contributed by atoms with Crippen LogP contribution in [0.4, 0.5) is 13.2 Å². The molecule has 8 heteroatoms. The van der Waals surface area contributed by atoms with E-state index in [2.05, 4.69) is 10.2 Å². The second-order valence-corrected chi connectivity index (χ2v) is 5.97. The highest BCUT2D eigenvalue weighted by Crippen LogP contribution is 2.40. The van der Waals surface area contributed by atoms with Gasteiger partial charge in [-0.2, -0.15) is 18.3 Å². The van der Waals surface area contributed by atoms with Gasteiger partial charge in [0.2, 0.25) is 0 Å². The SMILES string of the molecule is COc1ccc(C(=O)N(C)C)cc1-c1cc(C(F)(F)F)cc2[nH]ncc12. The molecule has 1 N–H and O–H groups in total. The second-order valence-electron chi connectivity index (χ2n) is 5.97. The van der Waals surface area contributed by atoms with E-state index < -0.39 is 11.7 Å². The molecule has 5 nitrogen and oxygen atoms in total. The van der Waals surface area contributed by atoms with Gasteiger partial charge in [0.25, 0.3) is 5.91 Å². The number of hydrogen-bond acceptors (Lipinski definition) is 3. The first-order chi connectivity index (χ1) is 12.2. The summed E-state index contributed by atoms with van der Waals surface area (Å²) in [4.78, 5) is 13.6. The Morgan fingerprint density at radius 3 is 2.50 bits per heavy atom. The molecule has 26 heavy (non-hydrogen) atoms. The largest absolute Gasteiger partial charge is 0.496 e. The maximum Gasteiger partial charge on any atom is 0.416 e. The van der Waals surface area contributed by atoms with Crippen molar-refractivity contribution in [2.75, 3.05) is 21.2 Å². The molecular formula is C18H16F3N3O2. The molecule has 0 saturated carbocycles. The van der Waals surface area contributed by atoms with Gasteiger partial charge in [-0.1, -0.05) is 0 Å². The quantitative estimate of drug-likeness (QED) is 0.766. The van der Waals surface area contributed by atoms with Crippen molar-refractivity contribution in [3.8, 4) is 16.9 Å². The molecule has 0 fully saturated rings. The zero-order valence-electron chi connectivity index (χ0n) is 14.3. The summed E-state index contributed by atoms with van der Waals surface area (Å²) in [5, 5.41) is 6.92. The number of rotatable bonds is 3. The summed E-state index contributed by atoms with van der Waals surface area (Å²) in [5.41, 5.74) is 0.461. The summed E-state index contributed by atoms with van der Waals surface area (Å²) in [5.74, 6) is 0.103. The molecule has 3 aromatic rings. The normalized spacial score (nSPS) is 11.6. The first-order valence-electron chi connectivity index (χ1n) is 7.66. The van der Waals surface area contributed by atoms with E-state index in [1.54, 1.807) is 26.2 Å². The first-order valence-corrected chi connectivity index (χ1v) is 7.66. The topological polar surface area (TPSA) is 58.2 Å². The fraction of sp³-hybridized carbons (Fsp3) is 0.222. The summed E-state index contributed by atoms with van der Waals surface area (Å²) in [6.45, 7) is 0. The summed E-state index contributed by atoms with van der Waals surface area (Å²) < 4.78 is 45.2. The molecule has 0 spiro atoms. The van der Waals surface area contributed by atoms with E-state index in [1.807, 2.05) is 0 Å². The van der Waals surface area contributed by atoms with Crippen molar-refractivity contribution < 1.29 is 22.7 Å². The third-order valence-corrected chi connectivity index (χ3v) is 4.03. The predicted octanol–water partition coefficient (Wildman–Crippen LogP) is 3.96. The maximum atomic E-state index is 13.3. The van der Waals surface area contributed by atoms with Gasteiger partial charge in [0.05, 0.1) is 24.4 Å². The number of nitrogens with one attached hydrogen (secondary N) is 1. The standard InChI is InChI=1S/C18H16F3N3O2/c1-24(2)17(25)10-4-5-16(26-3)13(6-10)12-7-11(18(19,20)21)8-15-14(12)9-22-23-15/h4-9H,1-3H3,(H,22,23). The average molecular weight is 363 g/mol. The molecule has 0 aliphatic carbocycles. The van der Waals surface area contributed by atoms with Crippen molar-refractivity contribution in [3.63, 3.8) is 0 Å². The number of benzene rings is 2. The van der Waals surface area contributed by atoms with Gasteiger partial charge in [0.1, 0.15) is 5.75 Å². The molecule has 1 amide bonds. The van der Waals surface area contributed by atoms with Crippen LogP contribution in [0.25, 0.3) is 22.0 Å². The molecular weight excluding hydrogens is 347 g/mol. The van der Waals surface area contributed by atoms with Crippen molar-refractivity contribution in [1.82, 2.24) is 15.1 Å². The number of amides is 1. The molecule has 0 radical (unpaired) electrons. The number of carbonyl (C=O) groups is 1. The monoisotopic (exact) mass is 363 g/mol. The van der Waals surface area contributed by atoms with Crippen molar-refractivity contribution in [3.05, 3.63) is 47.7 Å². The third-order valence-electron chi connectivity index (χ3n) is 4.03. The Hall–Kier alpha value is -3.03. The van der Waals surface area contributed by atoms with Crippen LogP contribution in [-0.4, -0.2) is 42.2 Å². The Morgan fingerprint density at radius 2 is 1.88 bits per heavy atom. The fourth-order valence-corrected chi connectivity index (χ4v) is 2.75. The zero-order valence-corrected chi connectivity index (χ0v) is 14.3. The lowest BCUT2D eigenvalue weighted by atomic mass is 9.96. The smallest absolute Gasteiger partial charge is 0.416 e. The zero-order chi connectivity index (χ0) is 19.1. The molecule has 0 bridgehead atoms. The molecule has 136 valence electrons. The summed E-state index contributed by atoms with van der Waals surface area (Å²) >= 11 is 0. The Morgan fingerprint density at radius 1 is 1.15 bits per heavy atom. The van der Waals surface area contributed by atoms with E-state index in [1.165, 1.54) is 24.3 Å². The minimum atomic E-state index is -4.52. The number of carbonyl (C=O) groups excluding carboxylic acids is 1. The van der Waals surface area contributed by atoms with Crippen molar-refractivity contribution in [2.24, 2.45) is 0 Å². The number of nitrogens with zero attached hydrogens (tertiary/aromatic N) is 2. The molecule has 0 aliphatic heterocycles. The van der Waals surface area contributed by atoms with Crippen LogP contribution < -0.4 is 4.74 Å². The van der Waals surface area contributed by atoms with Crippen LogP contribution >= 0.6 is 0 Å². The molecule has 3 rings (SSSR count). The van der Waals surface area contributed by atoms with Gasteiger partial charge in [-0.05, 0) is 35.9 Å². The number of H-pyrrole nitrogens is 1. The van der Waals surface area contributed by atoms with E-state index in [0.717, 1.165) is 12.1 Å². The lowest BCUT2D eigenvalue weighted by Gasteiger charge is -2.16. The average Bonchev–Trinajstić information content (AvgIpc) is 3.07. The van der Waals surface area contributed by atoms with E-state index in [-0.39, 0.29) is 17.0 Å². The minimum Gasteiger partial charge on any atom is -0.496 e. The number of alkyl halides is 3.